The number of aromatic nitrogens is 3. The van der Waals surface area contributed by atoms with Crippen LogP contribution in [0.3, 0.4) is 0 Å². The summed E-state index contributed by atoms with van der Waals surface area (Å²) in [7, 11) is 0. The normalized spacial score (nSPS) is 11.2. The van der Waals surface area contributed by atoms with E-state index in [9.17, 15) is 0 Å². The zero-order valence-electron chi connectivity index (χ0n) is 13.3. The lowest BCUT2D eigenvalue weighted by Gasteiger charge is -2.12. The molecular formula is C19H17BrN4. The number of nitrogens with zero attached hydrogens (tertiary/aromatic N) is 3. The van der Waals surface area contributed by atoms with E-state index >= 15 is 0 Å². The monoisotopic (exact) mass is 380 g/mol. The van der Waals surface area contributed by atoms with Crippen LogP contribution in [0.4, 0.5) is 5.69 Å². The van der Waals surface area contributed by atoms with Crippen LogP contribution in [0.25, 0.3) is 21.9 Å². The van der Waals surface area contributed by atoms with Crippen LogP contribution in [0.1, 0.15) is 12.5 Å². The van der Waals surface area contributed by atoms with E-state index in [1.807, 2.05) is 29.1 Å². The van der Waals surface area contributed by atoms with E-state index in [-0.39, 0.29) is 0 Å². The number of aryl methyl sites for hydroxylation is 1. The van der Waals surface area contributed by atoms with Crippen molar-refractivity contribution < 1.29 is 0 Å². The van der Waals surface area contributed by atoms with Gasteiger partial charge in [-0.2, -0.15) is 5.10 Å². The molecule has 0 amide bonds. The number of pyridine rings is 1. The summed E-state index contributed by atoms with van der Waals surface area (Å²) in [6, 6.07) is 16.6. The Kier molecular flexibility index (Phi) is 3.94. The molecule has 0 saturated carbocycles. The number of hydrogen-bond acceptors (Lipinski definition) is 3. The van der Waals surface area contributed by atoms with E-state index in [1.165, 1.54) is 5.56 Å². The van der Waals surface area contributed by atoms with Crippen molar-refractivity contribution in [3.8, 4) is 0 Å². The molecule has 0 aliphatic rings. The number of halogens is 1. The van der Waals surface area contributed by atoms with Crippen LogP contribution in [0.15, 0.2) is 59.2 Å². The Morgan fingerprint density at radius 2 is 1.92 bits per heavy atom. The summed E-state index contributed by atoms with van der Waals surface area (Å²) in [6.45, 7) is 3.65. The summed E-state index contributed by atoms with van der Waals surface area (Å²) in [4.78, 5) is 4.80. The van der Waals surface area contributed by atoms with Crippen molar-refractivity contribution in [3.63, 3.8) is 0 Å². The molecule has 0 saturated heterocycles. The van der Waals surface area contributed by atoms with Crippen molar-refractivity contribution >= 4 is 43.6 Å². The van der Waals surface area contributed by atoms with E-state index in [1.54, 1.807) is 0 Å². The predicted octanol–water partition coefficient (Wildman–Crippen LogP) is 4.98. The summed E-state index contributed by atoms with van der Waals surface area (Å²) < 4.78 is 2.98. The molecule has 2 aromatic heterocycles. The minimum atomic E-state index is 0.763. The van der Waals surface area contributed by atoms with Crippen LogP contribution in [0.2, 0.25) is 0 Å². The van der Waals surface area contributed by atoms with Crippen LogP contribution in [0.5, 0.6) is 0 Å². The highest BCUT2D eigenvalue weighted by atomic mass is 79.9. The maximum absolute atomic E-state index is 4.80. The smallest absolute Gasteiger partial charge is 0.160 e. The van der Waals surface area contributed by atoms with Crippen molar-refractivity contribution in [2.24, 2.45) is 0 Å². The minimum Gasteiger partial charge on any atom is -0.380 e. The Morgan fingerprint density at radius 1 is 1.08 bits per heavy atom. The van der Waals surface area contributed by atoms with Crippen molar-refractivity contribution in [2.75, 3.05) is 5.32 Å². The van der Waals surface area contributed by atoms with Crippen LogP contribution < -0.4 is 5.32 Å². The largest absolute Gasteiger partial charge is 0.380 e. The molecule has 2 aromatic carbocycles. The van der Waals surface area contributed by atoms with Gasteiger partial charge in [0.1, 0.15) is 0 Å². The summed E-state index contributed by atoms with van der Waals surface area (Å²) in [6.07, 6.45) is 1.90. The zero-order valence-corrected chi connectivity index (χ0v) is 14.9. The molecular weight excluding hydrogens is 364 g/mol. The molecule has 1 N–H and O–H groups in total. The number of nitrogens with one attached hydrogen (secondary N) is 1. The molecule has 0 radical (unpaired) electrons. The molecule has 4 nitrogen and oxygen atoms in total. The van der Waals surface area contributed by atoms with E-state index in [0.29, 0.717) is 0 Å². The average molecular weight is 381 g/mol. The summed E-state index contributed by atoms with van der Waals surface area (Å²) >= 11 is 3.57. The predicted molar refractivity (Wildman–Crippen MR) is 102 cm³/mol. The van der Waals surface area contributed by atoms with Gasteiger partial charge in [0.05, 0.1) is 22.8 Å². The highest BCUT2D eigenvalue weighted by Crippen LogP contribution is 2.32. The topological polar surface area (TPSA) is 42.7 Å². The van der Waals surface area contributed by atoms with Gasteiger partial charge in [0.25, 0.3) is 0 Å². The van der Waals surface area contributed by atoms with Gasteiger partial charge in [-0.25, -0.2) is 9.67 Å². The van der Waals surface area contributed by atoms with Crippen molar-refractivity contribution in [2.45, 2.75) is 20.0 Å². The molecule has 0 spiro atoms. The Balaban J connectivity index is 1.88. The number of hydrogen-bond donors (Lipinski definition) is 1. The summed E-state index contributed by atoms with van der Waals surface area (Å²) in [5, 5.41) is 10.2. The van der Waals surface area contributed by atoms with Crippen molar-refractivity contribution in [1.29, 1.82) is 0 Å². The van der Waals surface area contributed by atoms with Crippen molar-refractivity contribution in [1.82, 2.24) is 14.8 Å². The van der Waals surface area contributed by atoms with Gasteiger partial charge in [-0.05, 0) is 30.7 Å². The van der Waals surface area contributed by atoms with Crippen LogP contribution in [-0.4, -0.2) is 14.8 Å². The molecule has 4 rings (SSSR count). The van der Waals surface area contributed by atoms with Crippen LogP contribution >= 0.6 is 15.9 Å². The van der Waals surface area contributed by atoms with Gasteiger partial charge in [-0.1, -0.05) is 46.3 Å². The fraction of sp³-hybridized carbons (Fsp3) is 0.158. The van der Waals surface area contributed by atoms with E-state index in [0.717, 1.165) is 45.2 Å². The molecule has 0 unspecified atom stereocenters. The van der Waals surface area contributed by atoms with Gasteiger partial charge >= 0.3 is 0 Å². The first-order chi connectivity index (χ1) is 11.8. The zero-order chi connectivity index (χ0) is 16.5. The Hall–Kier alpha value is -2.40. The molecule has 0 aliphatic carbocycles. The van der Waals surface area contributed by atoms with Gasteiger partial charge in [-0.15, -0.1) is 0 Å². The lowest BCUT2D eigenvalue weighted by molar-refractivity contribution is 0.677. The van der Waals surface area contributed by atoms with Gasteiger partial charge in [0.15, 0.2) is 5.65 Å². The van der Waals surface area contributed by atoms with Gasteiger partial charge in [0.2, 0.25) is 0 Å². The standard InChI is InChI=1S/C19H17BrN4/c1-2-24-19-16(12-22-24)18(21-11-13-6-4-3-5-7-13)15-10-14(20)8-9-17(15)23-19/h3-10,12H,2,11H2,1H3,(H,21,23). The third-order valence-electron chi connectivity index (χ3n) is 4.15. The average Bonchev–Trinajstić information content (AvgIpc) is 3.02. The Labute approximate surface area is 148 Å². The Morgan fingerprint density at radius 3 is 2.71 bits per heavy atom. The second-order valence-electron chi connectivity index (χ2n) is 5.69. The number of anilines is 1. The van der Waals surface area contributed by atoms with Gasteiger partial charge < -0.3 is 5.32 Å². The molecule has 24 heavy (non-hydrogen) atoms. The quantitative estimate of drug-likeness (QED) is 0.542. The number of benzene rings is 2. The maximum atomic E-state index is 4.80. The molecule has 0 bridgehead atoms. The number of rotatable bonds is 4. The lowest BCUT2D eigenvalue weighted by atomic mass is 10.1. The first kappa shape index (κ1) is 15.1. The van der Waals surface area contributed by atoms with Crippen LogP contribution in [-0.2, 0) is 13.1 Å². The molecule has 4 aromatic rings. The van der Waals surface area contributed by atoms with Crippen LogP contribution in [0, 0.1) is 0 Å². The molecule has 120 valence electrons. The highest BCUT2D eigenvalue weighted by molar-refractivity contribution is 9.10. The van der Waals surface area contributed by atoms with Gasteiger partial charge in [0, 0.05) is 22.9 Å². The molecule has 0 fully saturated rings. The summed E-state index contributed by atoms with van der Waals surface area (Å²) in [5.74, 6) is 0. The maximum Gasteiger partial charge on any atom is 0.160 e. The summed E-state index contributed by atoms with van der Waals surface area (Å²) in [5.41, 5.74) is 4.22. The molecule has 0 atom stereocenters. The first-order valence-corrected chi connectivity index (χ1v) is 8.78. The lowest BCUT2D eigenvalue weighted by Crippen LogP contribution is -2.02. The highest BCUT2D eigenvalue weighted by Gasteiger charge is 2.13. The van der Waals surface area contributed by atoms with Gasteiger partial charge in [-0.3, -0.25) is 0 Å². The van der Waals surface area contributed by atoms with E-state index in [2.05, 4.69) is 63.6 Å². The second-order valence-corrected chi connectivity index (χ2v) is 6.60. The fourth-order valence-corrected chi connectivity index (χ4v) is 3.31. The third-order valence-corrected chi connectivity index (χ3v) is 4.64. The molecule has 5 heteroatoms. The minimum absolute atomic E-state index is 0.763. The SMILES string of the molecule is CCn1ncc2c(NCc3ccccc3)c3cc(Br)ccc3nc21. The van der Waals surface area contributed by atoms with E-state index < -0.39 is 0 Å². The van der Waals surface area contributed by atoms with E-state index in [4.69, 9.17) is 4.98 Å². The van der Waals surface area contributed by atoms with Crippen molar-refractivity contribution in [3.05, 3.63) is 64.8 Å². The first-order valence-electron chi connectivity index (χ1n) is 7.99. The number of fused-ring (bicyclic) bond motifs is 2. The molecule has 0 aliphatic heterocycles. The second kappa shape index (κ2) is 6.24. The molecule has 2 heterocycles. The fourth-order valence-electron chi connectivity index (χ4n) is 2.95. The Bertz CT molecular complexity index is 1010. The third kappa shape index (κ3) is 2.65.